The van der Waals surface area contributed by atoms with Gasteiger partial charge in [-0.2, -0.15) is 0 Å². The summed E-state index contributed by atoms with van der Waals surface area (Å²) < 4.78 is 33.7. The third-order valence-corrected chi connectivity index (χ3v) is 11.9. The van der Waals surface area contributed by atoms with Crippen LogP contribution in [0.1, 0.15) is 166 Å². The molecule has 0 heterocycles. The van der Waals surface area contributed by atoms with Crippen molar-refractivity contribution in [2.45, 2.75) is 135 Å². The molecule has 5 aromatic rings. The van der Waals surface area contributed by atoms with Crippen LogP contribution in [-0.2, 0) is 9.53 Å². The summed E-state index contributed by atoms with van der Waals surface area (Å²) in [5.74, 6) is 0.584. The fourth-order valence-corrected chi connectivity index (χ4v) is 7.81. The maximum absolute atomic E-state index is 13.1. The van der Waals surface area contributed by atoms with Crippen LogP contribution in [0, 0.1) is 0 Å². The first-order valence-corrected chi connectivity index (χ1v) is 25.5. The van der Waals surface area contributed by atoms with Crippen LogP contribution in [-0.4, -0.2) is 43.7 Å². The van der Waals surface area contributed by atoms with Gasteiger partial charge in [0.05, 0.1) is 36.5 Å². The van der Waals surface area contributed by atoms with E-state index in [0.717, 1.165) is 55.4 Å². The first-order chi connectivity index (χ1) is 34.3. The summed E-state index contributed by atoms with van der Waals surface area (Å²) in [4.78, 5) is 49.9. The van der Waals surface area contributed by atoms with Gasteiger partial charge in [0.2, 0.25) is 0 Å². The fourth-order valence-electron chi connectivity index (χ4n) is 7.81. The molecule has 0 spiro atoms. The number of carbonyl (C=O) groups excluding carboxylic acids is 4. The molecule has 10 nitrogen and oxygen atoms in total. The molecule has 0 radical (unpaired) electrons. The normalized spacial score (nSPS) is 10.8. The quantitative estimate of drug-likeness (QED) is 0.0170. The fraction of sp³-hybridized carbons (Fsp3) is 0.400. The van der Waals surface area contributed by atoms with Crippen LogP contribution >= 0.6 is 0 Å². The Morgan fingerprint density at radius 2 is 0.743 bits per heavy atom. The Balaban J connectivity index is 0.949. The number of rotatable bonds is 34. The van der Waals surface area contributed by atoms with E-state index < -0.39 is 17.9 Å². The molecule has 5 aromatic carbocycles. The Labute approximate surface area is 415 Å². The number of unbranched alkanes of at least 4 members (excludes halogenated alkanes) is 18. The van der Waals surface area contributed by atoms with E-state index in [1.807, 2.05) is 18.2 Å². The molecule has 10 heteroatoms. The number of ether oxygens (including phenoxy) is 6. The minimum absolute atomic E-state index is 0.294. The molecular weight excluding hydrogens is 881 g/mol. The minimum Gasteiger partial charge on any atom is -0.494 e. The summed E-state index contributed by atoms with van der Waals surface area (Å²) in [7, 11) is 0. The number of carbonyl (C=O) groups is 4. The van der Waals surface area contributed by atoms with E-state index in [4.69, 9.17) is 28.4 Å². The molecule has 0 aliphatic carbocycles. The molecule has 0 N–H and O–H groups in total. The highest BCUT2D eigenvalue weighted by Gasteiger charge is 2.14. The average Bonchev–Trinajstić information content (AvgIpc) is 3.38. The molecule has 0 atom stereocenters. The van der Waals surface area contributed by atoms with Crippen LogP contribution in [0.3, 0.4) is 0 Å². The van der Waals surface area contributed by atoms with Gasteiger partial charge in [-0.15, -0.1) is 0 Å². The Hall–Kier alpha value is -6.68. The summed E-state index contributed by atoms with van der Waals surface area (Å²) in [5, 5.41) is 0. The van der Waals surface area contributed by atoms with Gasteiger partial charge in [0.1, 0.15) is 28.7 Å². The number of hydrogen-bond donors (Lipinski definition) is 0. The van der Waals surface area contributed by atoms with Crippen LogP contribution in [0.15, 0.2) is 134 Å². The van der Waals surface area contributed by atoms with Crippen LogP contribution in [0.25, 0.3) is 11.1 Å². The minimum atomic E-state index is -0.560. The second kappa shape index (κ2) is 32.2. The van der Waals surface area contributed by atoms with Crippen molar-refractivity contribution in [3.8, 4) is 39.9 Å². The van der Waals surface area contributed by atoms with E-state index in [-0.39, 0.29) is 5.97 Å². The van der Waals surface area contributed by atoms with Gasteiger partial charge in [0.15, 0.2) is 0 Å². The standard InChI is InChI=1S/C60H72O10/c1-3-5-6-7-8-9-12-15-18-21-43-65-53-37-31-49(32-38-53)59(63)69-55-41-33-50(34-42-55)60(64)70-56-26-24-25-51(46-56)47-27-39-54(40-28-47)68-58(62)48-29-35-52(36-30-48)66-44-22-19-16-13-10-11-14-17-20-23-45-67-57(61)4-2/h4,24-42,46H,2-3,5-23,43-45H2,1H3. The highest BCUT2D eigenvalue weighted by atomic mass is 16.5. The van der Waals surface area contributed by atoms with Gasteiger partial charge in [0.25, 0.3) is 0 Å². The van der Waals surface area contributed by atoms with Gasteiger partial charge in [-0.05, 0) is 127 Å². The van der Waals surface area contributed by atoms with Crippen molar-refractivity contribution in [3.05, 3.63) is 151 Å². The lowest BCUT2D eigenvalue weighted by Crippen LogP contribution is -2.10. The molecule has 0 unspecified atom stereocenters. The van der Waals surface area contributed by atoms with E-state index >= 15 is 0 Å². The summed E-state index contributed by atoms with van der Waals surface area (Å²) in [6.45, 7) is 7.39. The molecule has 0 aliphatic heterocycles. The number of esters is 4. The third kappa shape index (κ3) is 20.9. The molecule has 0 aliphatic rings. The highest BCUT2D eigenvalue weighted by molar-refractivity contribution is 5.93. The van der Waals surface area contributed by atoms with Crippen molar-refractivity contribution in [3.63, 3.8) is 0 Å². The average molecular weight is 953 g/mol. The number of hydrogen-bond acceptors (Lipinski definition) is 10. The molecule has 0 bridgehead atoms. The Kier molecular flexibility index (Phi) is 25.0. The van der Waals surface area contributed by atoms with Crippen molar-refractivity contribution in [2.75, 3.05) is 19.8 Å². The van der Waals surface area contributed by atoms with E-state index in [1.165, 1.54) is 96.0 Å². The van der Waals surface area contributed by atoms with Crippen LogP contribution in [0.2, 0.25) is 0 Å². The lowest BCUT2D eigenvalue weighted by atomic mass is 10.1. The highest BCUT2D eigenvalue weighted by Crippen LogP contribution is 2.28. The van der Waals surface area contributed by atoms with Gasteiger partial charge in [0, 0.05) is 6.08 Å². The zero-order valence-corrected chi connectivity index (χ0v) is 41.2. The van der Waals surface area contributed by atoms with Crippen LogP contribution in [0.5, 0.6) is 28.7 Å². The van der Waals surface area contributed by atoms with Gasteiger partial charge in [-0.3, -0.25) is 0 Å². The van der Waals surface area contributed by atoms with Gasteiger partial charge in [-0.1, -0.05) is 147 Å². The molecule has 0 saturated heterocycles. The van der Waals surface area contributed by atoms with E-state index in [0.29, 0.717) is 59.5 Å². The molecular formula is C60H72O10. The van der Waals surface area contributed by atoms with Crippen LogP contribution < -0.4 is 23.7 Å². The lowest BCUT2D eigenvalue weighted by molar-refractivity contribution is -0.137. The Morgan fingerprint density at radius 1 is 0.386 bits per heavy atom. The molecule has 0 aromatic heterocycles. The lowest BCUT2D eigenvalue weighted by Gasteiger charge is -2.10. The van der Waals surface area contributed by atoms with Gasteiger partial charge >= 0.3 is 23.9 Å². The molecule has 0 amide bonds. The molecule has 5 rings (SSSR count). The maximum atomic E-state index is 13.1. The van der Waals surface area contributed by atoms with Crippen LogP contribution in [0.4, 0.5) is 0 Å². The predicted molar refractivity (Wildman–Crippen MR) is 276 cm³/mol. The number of benzene rings is 5. The van der Waals surface area contributed by atoms with E-state index in [1.54, 1.807) is 103 Å². The van der Waals surface area contributed by atoms with Gasteiger partial charge < -0.3 is 28.4 Å². The molecule has 372 valence electrons. The van der Waals surface area contributed by atoms with Crippen molar-refractivity contribution >= 4 is 23.9 Å². The molecule has 0 fully saturated rings. The molecule has 0 saturated carbocycles. The Morgan fingerprint density at radius 3 is 1.16 bits per heavy atom. The van der Waals surface area contributed by atoms with E-state index in [2.05, 4.69) is 13.5 Å². The van der Waals surface area contributed by atoms with E-state index in [9.17, 15) is 19.2 Å². The van der Waals surface area contributed by atoms with Crippen molar-refractivity contribution in [1.29, 1.82) is 0 Å². The van der Waals surface area contributed by atoms with Crippen molar-refractivity contribution in [2.24, 2.45) is 0 Å². The van der Waals surface area contributed by atoms with Crippen molar-refractivity contribution < 1.29 is 47.6 Å². The monoisotopic (exact) mass is 953 g/mol. The smallest absolute Gasteiger partial charge is 0.343 e. The predicted octanol–water partition coefficient (Wildman–Crippen LogP) is 15.3. The molecule has 70 heavy (non-hydrogen) atoms. The van der Waals surface area contributed by atoms with Crippen molar-refractivity contribution in [1.82, 2.24) is 0 Å². The summed E-state index contributed by atoms with van der Waals surface area (Å²) >= 11 is 0. The summed E-state index contributed by atoms with van der Waals surface area (Å²) in [6, 6.07) is 34.4. The third-order valence-electron chi connectivity index (χ3n) is 11.9. The summed E-state index contributed by atoms with van der Waals surface area (Å²) in [6.07, 6.45) is 25.2. The second-order valence-electron chi connectivity index (χ2n) is 17.6. The van der Waals surface area contributed by atoms with Gasteiger partial charge in [-0.25, -0.2) is 19.2 Å². The zero-order valence-electron chi connectivity index (χ0n) is 41.2. The maximum Gasteiger partial charge on any atom is 0.343 e. The SMILES string of the molecule is C=CC(=O)OCCCCCCCCCCCCOc1ccc(C(=O)Oc2ccc(-c3cccc(OC(=O)c4ccc(OC(=O)c5ccc(OCCCCCCCCCCCC)cc5)cc4)c3)cc2)cc1. The Bertz CT molecular complexity index is 2300. The topological polar surface area (TPSA) is 124 Å². The first-order valence-electron chi connectivity index (χ1n) is 25.5. The zero-order chi connectivity index (χ0) is 49.4. The first kappa shape index (κ1) is 54.3. The second-order valence-corrected chi connectivity index (χ2v) is 17.6. The largest absolute Gasteiger partial charge is 0.494 e. The summed E-state index contributed by atoms with van der Waals surface area (Å²) in [5.41, 5.74) is 2.75.